The highest BCUT2D eigenvalue weighted by atomic mass is 16.3. The second-order valence-electron chi connectivity index (χ2n) is 5.54. The number of unbranched alkanes of at least 4 members (excludes halogenated alkanes) is 1. The normalized spacial score (nSPS) is 19.7. The fourth-order valence-electron chi connectivity index (χ4n) is 2.27. The minimum atomic E-state index is 0.269. The Morgan fingerprint density at radius 2 is 2.00 bits per heavy atom. The summed E-state index contributed by atoms with van der Waals surface area (Å²) in [6, 6.07) is 0. The SMILES string of the molecule is CCCCC(CC)CCNCC1(CO)CC1. The molecule has 0 aromatic heterocycles. The lowest BCUT2D eigenvalue weighted by molar-refractivity contribution is 0.207. The van der Waals surface area contributed by atoms with E-state index in [4.69, 9.17) is 0 Å². The van der Waals surface area contributed by atoms with Crippen LogP contribution in [-0.2, 0) is 0 Å². The third kappa shape index (κ3) is 4.84. The van der Waals surface area contributed by atoms with Crippen LogP contribution in [0.4, 0.5) is 0 Å². The van der Waals surface area contributed by atoms with Gasteiger partial charge in [0, 0.05) is 18.6 Å². The average Bonchev–Trinajstić information content (AvgIpc) is 3.09. The maximum atomic E-state index is 9.19. The summed E-state index contributed by atoms with van der Waals surface area (Å²) in [4.78, 5) is 0. The van der Waals surface area contributed by atoms with E-state index in [9.17, 15) is 5.11 Å². The van der Waals surface area contributed by atoms with Crippen molar-refractivity contribution in [3.05, 3.63) is 0 Å². The summed E-state index contributed by atoms with van der Waals surface area (Å²) >= 11 is 0. The van der Waals surface area contributed by atoms with Gasteiger partial charge in [-0.2, -0.15) is 0 Å². The first-order valence-corrected chi connectivity index (χ1v) is 7.08. The van der Waals surface area contributed by atoms with Gasteiger partial charge in [-0.15, -0.1) is 0 Å². The van der Waals surface area contributed by atoms with Gasteiger partial charge in [0.05, 0.1) is 0 Å². The number of hydrogen-bond donors (Lipinski definition) is 2. The van der Waals surface area contributed by atoms with Crippen molar-refractivity contribution in [3.8, 4) is 0 Å². The van der Waals surface area contributed by atoms with Crippen LogP contribution in [0, 0.1) is 11.3 Å². The molecular formula is C14H29NO. The second kappa shape index (κ2) is 7.29. The molecule has 2 nitrogen and oxygen atoms in total. The van der Waals surface area contributed by atoms with Gasteiger partial charge in [-0.25, -0.2) is 0 Å². The fraction of sp³-hybridized carbons (Fsp3) is 1.00. The monoisotopic (exact) mass is 227 g/mol. The van der Waals surface area contributed by atoms with Crippen LogP contribution in [0.1, 0.15) is 58.8 Å². The standard InChI is InChI=1S/C14H29NO/c1-3-5-6-13(4-2)7-10-15-11-14(12-16)8-9-14/h13,15-16H,3-12H2,1-2H3. The molecule has 0 aromatic rings. The molecule has 2 heteroatoms. The minimum Gasteiger partial charge on any atom is -0.396 e. The number of nitrogens with one attached hydrogen (secondary N) is 1. The lowest BCUT2D eigenvalue weighted by atomic mass is 9.96. The molecule has 0 aliphatic heterocycles. The zero-order chi connectivity index (χ0) is 11.9. The Bertz CT molecular complexity index is 178. The van der Waals surface area contributed by atoms with Crippen molar-refractivity contribution in [1.29, 1.82) is 0 Å². The van der Waals surface area contributed by atoms with Crippen LogP contribution in [0.5, 0.6) is 0 Å². The number of rotatable bonds is 10. The molecule has 16 heavy (non-hydrogen) atoms. The van der Waals surface area contributed by atoms with Crippen LogP contribution in [0.2, 0.25) is 0 Å². The van der Waals surface area contributed by atoms with Crippen LogP contribution in [-0.4, -0.2) is 24.8 Å². The lowest BCUT2D eigenvalue weighted by Crippen LogP contribution is -2.28. The van der Waals surface area contributed by atoms with E-state index in [1.807, 2.05) is 0 Å². The molecule has 0 bridgehead atoms. The predicted octanol–water partition coefficient (Wildman–Crippen LogP) is 2.96. The van der Waals surface area contributed by atoms with Crippen LogP contribution >= 0.6 is 0 Å². The largest absolute Gasteiger partial charge is 0.396 e. The van der Waals surface area contributed by atoms with Gasteiger partial charge in [0.25, 0.3) is 0 Å². The maximum absolute atomic E-state index is 9.19. The van der Waals surface area contributed by atoms with E-state index in [2.05, 4.69) is 19.2 Å². The molecule has 2 N–H and O–H groups in total. The first-order chi connectivity index (χ1) is 7.76. The smallest absolute Gasteiger partial charge is 0.0499 e. The summed E-state index contributed by atoms with van der Waals surface area (Å²) in [6.07, 6.45) is 9.12. The molecule has 1 atom stereocenters. The Labute approximate surface area is 101 Å². The zero-order valence-electron chi connectivity index (χ0n) is 11.1. The van der Waals surface area contributed by atoms with Gasteiger partial charge < -0.3 is 10.4 Å². The molecule has 0 heterocycles. The quantitative estimate of drug-likeness (QED) is 0.562. The first kappa shape index (κ1) is 14.0. The van der Waals surface area contributed by atoms with Crippen molar-refractivity contribution in [3.63, 3.8) is 0 Å². The van der Waals surface area contributed by atoms with Crippen molar-refractivity contribution in [2.75, 3.05) is 19.7 Å². The molecule has 1 aliphatic rings. The molecule has 96 valence electrons. The Hall–Kier alpha value is -0.0800. The predicted molar refractivity (Wildman–Crippen MR) is 69.5 cm³/mol. The van der Waals surface area contributed by atoms with E-state index in [0.717, 1.165) is 19.0 Å². The number of hydrogen-bond acceptors (Lipinski definition) is 2. The third-order valence-corrected chi connectivity index (χ3v) is 4.07. The van der Waals surface area contributed by atoms with Crippen LogP contribution in [0.25, 0.3) is 0 Å². The molecule has 1 saturated carbocycles. The molecule has 1 aliphatic carbocycles. The Kier molecular flexibility index (Phi) is 6.37. The zero-order valence-corrected chi connectivity index (χ0v) is 11.1. The molecule has 0 aromatic carbocycles. The molecular weight excluding hydrogens is 198 g/mol. The van der Waals surface area contributed by atoms with Crippen molar-refractivity contribution < 1.29 is 5.11 Å². The number of aliphatic hydroxyl groups excluding tert-OH is 1. The highest BCUT2D eigenvalue weighted by Crippen LogP contribution is 2.44. The van der Waals surface area contributed by atoms with E-state index in [1.54, 1.807) is 0 Å². The molecule has 0 saturated heterocycles. The summed E-state index contributed by atoms with van der Waals surface area (Å²) in [5.74, 6) is 0.900. The number of aliphatic hydroxyl groups is 1. The third-order valence-electron chi connectivity index (χ3n) is 4.07. The van der Waals surface area contributed by atoms with Gasteiger partial charge in [0.15, 0.2) is 0 Å². The fourth-order valence-corrected chi connectivity index (χ4v) is 2.27. The highest BCUT2D eigenvalue weighted by Gasteiger charge is 2.41. The Morgan fingerprint density at radius 1 is 1.25 bits per heavy atom. The van der Waals surface area contributed by atoms with Gasteiger partial charge >= 0.3 is 0 Å². The topological polar surface area (TPSA) is 32.3 Å². The average molecular weight is 227 g/mol. The molecule has 0 radical (unpaired) electrons. The maximum Gasteiger partial charge on any atom is 0.0499 e. The molecule has 0 amide bonds. The van der Waals surface area contributed by atoms with E-state index in [0.29, 0.717) is 6.61 Å². The van der Waals surface area contributed by atoms with Gasteiger partial charge in [-0.3, -0.25) is 0 Å². The van der Waals surface area contributed by atoms with E-state index in [1.165, 1.54) is 44.9 Å². The first-order valence-electron chi connectivity index (χ1n) is 7.08. The van der Waals surface area contributed by atoms with Crippen molar-refractivity contribution in [1.82, 2.24) is 5.32 Å². The van der Waals surface area contributed by atoms with Gasteiger partial charge in [-0.05, 0) is 31.7 Å². The highest BCUT2D eigenvalue weighted by molar-refractivity contribution is 4.94. The summed E-state index contributed by atoms with van der Waals surface area (Å²) in [6.45, 7) is 7.09. The van der Waals surface area contributed by atoms with Gasteiger partial charge in [0.2, 0.25) is 0 Å². The minimum absolute atomic E-state index is 0.269. The summed E-state index contributed by atoms with van der Waals surface area (Å²) < 4.78 is 0. The summed E-state index contributed by atoms with van der Waals surface area (Å²) in [7, 11) is 0. The molecule has 0 spiro atoms. The van der Waals surface area contributed by atoms with Crippen LogP contribution in [0.15, 0.2) is 0 Å². The Balaban J connectivity index is 2.00. The van der Waals surface area contributed by atoms with E-state index < -0.39 is 0 Å². The molecule has 1 rings (SSSR count). The van der Waals surface area contributed by atoms with Crippen LogP contribution in [0.3, 0.4) is 0 Å². The summed E-state index contributed by atoms with van der Waals surface area (Å²) in [5.41, 5.74) is 0.269. The van der Waals surface area contributed by atoms with Crippen LogP contribution < -0.4 is 5.32 Å². The van der Waals surface area contributed by atoms with E-state index in [-0.39, 0.29) is 5.41 Å². The van der Waals surface area contributed by atoms with Crippen molar-refractivity contribution >= 4 is 0 Å². The van der Waals surface area contributed by atoms with E-state index >= 15 is 0 Å². The van der Waals surface area contributed by atoms with Gasteiger partial charge in [-0.1, -0.05) is 39.5 Å². The molecule has 1 fully saturated rings. The van der Waals surface area contributed by atoms with Gasteiger partial charge in [0.1, 0.15) is 0 Å². The lowest BCUT2D eigenvalue weighted by Gasteiger charge is -2.17. The summed E-state index contributed by atoms with van der Waals surface area (Å²) in [5, 5.41) is 12.7. The molecule has 1 unspecified atom stereocenters. The second-order valence-corrected chi connectivity index (χ2v) is 5.54. The van der Waals surface area contributed by atoms with Crippen molar-refractivity contribution in [2.24, 2.45) is 11.3 Å². The van der Waals surface area contributed by atoms with Crippen molar-refractivity contribution in [2.45, 2.75) is 58.8 Å². The Morgan fingerprint density at radius 3 is 2.50 bits per heavy atom.